The smallest absolute Gasteiger partial charge is 0.279 e. The van der Waals surface area contributed by atoms with Crippen LogP contribution in [-0.2, 0) is 4.79 Å². The Hall–Kier alpha value is -1.49. The average molecular weight is 309 g/mol. The summed E-state index contributed by atoms with van der Waals surface area (Å²) in [7, 11) is 0. The summed E-state index contributed by atoms with van der Waals surface area (Å²) in [6.07, 6.45) is 7.54. The lowest BCUT2D eigenvalue weighted by Gasteiger charge is -2.40. The van der Waals surface area contributed by atoms with Gasteiger partial charge in [-0.1, -0.05) is 6.42 Å². The summed E-state index contributed by atoms with van der Waals surface area (Å²) in [6.45, 7) is 1.45. The van der Waals surface area contributed by atoms with Crippen LogP contribution in [0, 0.1) is 17.6 Å². The van der Waals surface area contributed by atoms with Gasteiger partial charge in [-0.15, -0.1) is 0 Å². The highest BCUT2D eigenvalue weighted by Gasteiger charge is 2.37. The number of fused-ring (bicyclic) bond motifs is 1. The molecule has 1 unspecified atom stereocenters. The number of piperidine rings is 1. The zero-order valence-electron chi connectivity index (χ0n) is 12.7. The fraction of sp³-hybridized carbons (Fsp3) is 0.588. The van der Waals surface area contributed by atoms with Crippen molar-refractivity contribution in [2.45, 2.75) is 44.6 Å². The molecule has 3 nitrogen and oxygen atoms in total. The van der Waals surface area contributed by atoms with Crippen LogP contribution in [0.2, 0.25) is 0 Å². The van der Waals surface area contributed by atoms with Crippen molar-refractivity contribution in [1.29, 1.82) is 0 Å². The minimum atomic E-state index is -0.935. The van der Waals surface area contributed by atoms with E-state index < -0.39 is 11.6 Å². The molecule has 1 aliphatic carbocycles. The molecule has 1 amide bonds. The number of hydrogen-bond acceptors (Lipinski definition) is 1. The van der Waals surface area contributed by atoms with Gasteiger partial charge in [-0.25, -0.2) is 8.78 Å². The van der Waals surface area contributed by atoms with Crippen LogP contribution in [0.4, 0.5) is 14.5 Å². The van der Waals surface area contributed by atoms with Gasteiger partial charge in [0.05, 0.1) is 12.6 Å². The molecule has 0 radical (unpaired) electrons. The van der Waals surface area contributed by atoms with E-state index in [0.29, 0.717) is 18.3 Å². The first kappa shape index (κ1) is 15.4. The zero-order valence-corrected chi connectivity index (χ0v) is 12.7. The van der Waals surface area contributed by atoms with Crippen molar-refractivity contribution in [3.05, 3.63) is 29.8 Å². The van der Waals surface area contributed by atoms with Crippen LogP contribution in [0.3, 0.4) is 0 Å². The maximum atomic E-state index is 13.2. The van der Waals surface area contributed by atoms with Crippen molar-refractivity contribution in [1.82, 2.24) is 0 Å². The SMILES string of the molecule is O=C(C[NH+]1CCC[C@H]2CCCC[C@@H]21)Nc1ccc(F)c(F)c1. The highest BCUT2D eigenvalue weighted by molar-refractivity contribution is 5.91. The third kappa shape index (κ3) is 3.46. The number of benzene rings is 1. The third-order valence-electron chi connectivity index (χ3n) is 5.10. The molecule has 0 bridgehead atoms. The predicted molar refractivity (Wildman–Crippen MR) is 80.7 cm³/mol. The van der Waals surface area contributed by atoms with Gasteiger partial charge >= 0.3 is 0 Å². The normalized spacial score (nSPS) is 28.0. The number of quaternary nitrogens is 1. The van der Waals surface area contributed by atoms with Gasteiger partial charge in [0.25, 0.3) is 5.91 Å². The molecule has 5 heteroatoms. The molecule has 1 saturated carbocycles. The fourth-order valence-corrected chi connectivity index (χ4v) is 4.07. The largest absolute Gasteiger partial charge is 0.324 e. The molecule has 3 atom stereocenters. The molecule has 1 heterocycles. The van der Waals surface area contributed by atoms with E-state index in [2.05, 4.69) is 5.32 Å². The summed E-state index contributed by atoms with van der Waals surface area (Å²) in [4.78, 5) is 13.6. The first-order chi connectivity index (χ1) is 10.6. The van der Waals surface area contributed by atoms with E-state index in [1.807, 2.05) is 0 Å². The van der Waals surface area contributed by atoms with Gasteiger partial charge in [-0.05, 0) is 44.2 Å². The van der Waals surface area contributed by atoms with Crippen LogP contribution in [0.15, 0.2) is 18.2 Å². The summed E-state index contributed by atoms with van der Waals surface area (Å²) in [5, 5.41) is 2.69. The molecule has 2 fully saturated rings. The molecule has 3 rings (SSSR count). The number of amides is 1. The summed E-state index contributed by atoms with van der Waals surface area (Å²) >= 11 is 0. The summed E-state index contributed by atoms with van der Waals surface area (Å²) in [5.41, 5.74) is 0.320. The van der Waals surface area contributed by atoms with E-state index in [4.69, 9.17) is 0 Å². The molecule has 1 aliphatic heterocycles. The van der Waals surface area contributed by atoms with E-state index in [1.54, 1.807) is 0 Å². The average Bonchev–Trinajstić information content (AvgIpc) is 2.51. The first-order valence-corrected chi connectivity index (χ1v) is 8.23. The maximum Gasteiger partial charge on any atom is 0.279 e. The number of nitrogens with one attached hydrogen (secondary N) is 2. The Bertz CT molecular complexity index is 547. The summed E-state index contributed by atoms with van der Waals surface area (Å²) < 4.78 is 26.1. The standard InChI is InChI=1S/C17H22F2N2O/c18-14-8-7-13(10-15(14)19)20-17(22)11-21-9-3-5-12-4-1-2-6-16(12)21/h7-8,10,12,16H,1-6,9,11H2,(H,20,22)/p+1/t12-,16+/m1/s1. The second-order valence-electron chi connectivity index (χ2n) is 6.56. The topological polar surface area (TPSA) is 33.5 Å². The third-order valence-corrected chi connectivity index (χ3v) is 5.10. The highest BCUT2D eigenvalue weighted by atomic mass is 19.2. The molecule has 1 saturated heterocycles. The molecule has 0 aromatic heterocycles. The number of rotatable bonds is 3. The molecule has 22 heavy (non-hydrogen) atoms. The van der Waals surface area contributed by atoms with Crippen molar-refractivity contribution in [2.24, 2.45) is 5.92 Å². The Morgan fingerprint density at radius 2 is 1.91 bits per heavy atom. The monoisotopic (exact) mass is 309 g/mol. The van der Waals surface area contributed by atoms with Gasteiger partial charge in [0.1, 0.15) is 0 Å². The summed E-state index contributed by atoms with van der Waals surface area (Å²) in [5.74, 6) is -1.19. The van der Waals surface area contributed by atoms with E-state index in [9.17, 15) is 13.6 Å². The predicted octanol–water partition coefficient (Wildman–Crippen LogP) is 2.14. The molecular weight excluding hydrogens is 286 g/mol. The van der Waals surface area contributed by atoms with Crippen molar-refractivity contribution < 1.29 is 18.5 Å². The number of likely N-dealkylation sites (tertiary alicyclic amines) is 1. The van der Waals surface area contributed by atoms with Crippen LogP contribution < -0.4 is 10.2 Å². The van der Waals surface area contributed by atoms with E-state index in [0.717, 1.165) is 24.6 Å². The lowest BCUT2D eigenvalue weighted by Crippen LogP contribution is -3.18. The second-order valence-corrected chi connectivity index (χ2v) is 6.56. The minimum Gasteiger partial charge on any atom is -0.324 e. The quantitative estimate of drug-likeness (QED) is 0.881. The molecule has 2 N–H and O–H groups in total. The van der Waals surface area contributed by atoms with Crippen LogP contribution in [-0.4, -0.2) is 25.0 Å². The van der Waals surface area contributed by atoms with Crippen LogP contribution in [0.25, 0.3) is 0 Å². The number of anilines is 1. The fourth-order valence-electron chi connectivity index (χ4n) is 4.07. The number of halogens is 2. The van der Waals surface area contributed by atoms with E-state index >= 15 is 0 Å². The van der Waals surface area contributed by atoms with E-state index in [1.165, 1.54) is 49.5 Å². The Kier molecular flexibility index (Phi) is 4.71. The van der Waals surface area contributed by atoms with Gasteiger partial charge in [0.15, 0.2) is 18.2 Å². The highest BCUT2D eigenvalue weighted by Crippen LogP contribution is 2.28. The van der Waals surface area contributed by atoms with Crippen molar-refractivity contribution in [3.8, 4) is 0 Å². The van der Waals surface area contributed by atoms with Crippen molar-refractivity contribution in [2.75, 3.05) is 18.4 Å². The van der Waals surface area contributed by atoms with Crippen LogP contribution in [0.5, 0.6) is 0 Å². The minimum absolute atomic E-state index is 0.118. The van der Waals surface area contributed by atoms with Crippen molar-refractivity contribution >= 4 is 11.6 Å². The number of carbonyl (C=O) groups excluding carboxylic acids is 1. The molecule has 120 valence electrons. The Labute approximate surface area is 129 Å². The van der Waals surface area contributed by atoms with Gasteiger partial charge in [-0.3, -0.25) is 4.79 Å². The second kappa shape index (κ2) is 6.73. The lowest BCUT2D eigenvalue weighted by atomic mass is 9.78. The number of carbonyl (C=O) groups is 1. The van der Waals surface area contributed by atoms with E-state index in [-0.39, 0.29) is 5.91 Å². The number of hydrogen-bond donors (Lipinski definition) is 2. The molecule has 2 aliphatic rings. The Morgan fingerprint density at radius 3 is 2.73 bits per heavy atom. The van der Waals surface area contributed by atoms with Gasteiger partial charge < -0.3 is 10.2 Å². The van der Waals surface area contributed by atoms with Gasteiger partial charge in [0, 0.05) is 17.7 Å². The van der Waals surface area contributed by atoms with Gasteiger partial charge in [0.2, 0.25) is 0 Å². The first-order valence-electron chi connectivity index (χ1n) is 8.23. The molecular formula is C17H23F2N2O+. The molecule has 1 aromatic rings. The maximum absolute atomic E-state index is 13.2. The lowest BCUT2D eigenvalue weighted by molar-refractivity contribution is -0.928. The van der Waals surface area contributed by atoms with Gasteiger partial charge in [-0.2, -0.15) is 0 Å². The van der Waals surface area contributed by atoms with Crippen LogP contribution >= 0.6 is 0 Å². The van der Waals surface area contributed by atoms with Crippen molar-refractivity contribution in [3.63, 3.8) is 0 Å². The Balaban J connectivity index is 1.59. The molecule has 0 spiro atoms. The zero-order chi connectivity index (χ0) is 15.5. The Morgan fingerprint density at radius 1 is 1.14 bits per heavy atom. The summed E-state index contributed by atoms with van der Waals surface area (Å²) in [6, 6.07) is 4.06. The molecule has 1 aromatic carbocycles. The van der Waals surface area contributed by atoms with Crippen LogP contribution in [0.1, 0.15) is 38.5 Å².